The quantitative estimate of drug-likeness (QED) is 0.0516. The third-order valence-corrected chi connectivity index (χ3v) is 7.04. The second-order valence-electron chi connectivity index (χ2n) is 11.0. The molecule has 10 nitrogen and oxygen atoms in total. The lowest BCUT2D eigenvalue weighted by atomic mass is 10.1. The van der Waals surface area contributed by atoms with E-state index in [1.54, 1.807) is 0 Å². The molecule has 0 atom stereocenters. The van der Waals surface area contributed by atoms with Gasteiger partial charge in [0.25, 0.3) is 0 Å². The first-order valence-corrected chi connectivity index (χ1v) is 19.7. The molecule has 0 N–H and O–H groups in total. The van der Waals surface area contributed by atoms with E-state index in [1.165, 1.54) is 44.9 Å². The van der Waals surface area contributed by atoms with Gasteiger partial charge in [0, 0.05) is 6.42 Å². The van der Waals surface area contributed by atoms with Gasteiger partial charge in [0.15, 0.2) is 8.32 Å². The topological polar surface area (TPSA) is 100 Å². The van der Waals surface area contributed by atoms with Crippen LogP contribution in [0.1, 0.15) is 71.1 Å². The molecule has 0 saturated heterocycles. The predicted octanol–water partition coefficient (Wildman–Crippen LogP) is 5.42. The average Bonchev–Trinajstić information content (AvgIpc) is 2.95. The zero-order valence-electron chi connectivity index (χ0n) is 27.5. The molecule has 0 spiro atoms. The summed E-state index contributed by atoms with van der Waals surface area (Å²) in [4.78, 5) is 11.8. The third-order valence-electron chi connectivity index (χ3n) is 5.97. The van der Waals surface area contributed by atoms with E-state index in [0.717, 1.165) is 12.8 Å². The van der Waals surface area contributed by atoms with Gasteiger partial charge in [-0.2, -0.15) is 0 Å². The van der Waals surface area contributed by atoms with Crippen molar-refractivity contribution in [2.45, 2.75) is 90.8 Å². The Morgan fingerprint density at radius 3 is 1.10 bits per heavy atom. The lowest BCUT2D eigenvalue weighted by Crippen LogP contribution is -2.27. The van der Waals surface area contributed by atoms with Gasteiger partial charge in [-0.15, -0.1) is 0 Å². The highest BCUT2D eigenvalue weighted by Crippen LogP contribution is 2.10. The van der Waals surface area contributed by atoms with Crippen LogP contribution in [0.4, 0.5) is 0 Å². The van der Waals surface area contributed by atoms with Gasteiger partial charge in [-0.3, -0.25) is 4.79 Å². The summed E-state index contributed by atoms with van der Waals surface area (Å²) in [5, 5.41) is 0. The minimum Gasteiger partial charge on any atom is -0.463 e. The van der Waals surface area contributed by atoms with Crippen LogP contribution in [-0.2, 0) is 47.1 Å². The maximum atomic E-state index is 11.8. The van der Waals surface area contributed by atoms with Gasteiger partial charge in [-0.1, -0.05) is 58.3 Å². The van der Waals surface area contributed by atoms with Crippen molar-refractivity contribution in [3.63, 3.8) is 0 Å². The molecule has 0 heterocycles. The zero-order valence-corrected chi connectivity index (χ0v) is 28.5. The Kier molecular flexibility index (Phi) is 32.8. The fraction of sp³-hybridized carbons (Fsp3) is 0.968. The van der Waals surface area contributed by atoms with Crippen molar-refractivity contribution in [3.8, 4) is 0 Å². The highest BCUT2D eigenvalue weighted by Gasteiger charge is 2.13. The van der Waals surface area contributed by atoms with Crippen molar-refractivity contribution in [1.29, 1.82) is 0 Å². The molecule has 0 aromatic heterocycles. The third kappa shape index (κ3) is 37.4. The van der Waals surface area contributed by atoms with Gasteiger partial charge in [-0.25, -0.2) is 0 Å². The largest absolute Gasteiger partial charge is 0.463 e. The van der Waals surface area contributed by atoms with E-state index in [4.69, 9.17) is 42.3 Å². The Balaban J connectivity index is 3.13. The Morgan fingerprint density at radius 1 is 0.429 bits per heavy atom. The Labute approximate surface area is 257 Å². The van der Waals surface area contributed by atoms with E-state index in [2.05, 4.69) is 26.6 Å². The first-order valence-electron chi connectivity index (χ1n) is 16.3. The van der Waals surface area contributed by atoms with Crippen molar-refractivity contribution >= 4 is 14.3 Å². The number of hydrogen-bond acceptors (Lipinski definition) is 10. The normalized spacial score (nSPS) is 11.8. The molecule has 252 valence electrons. The molecular weight excluding hydrogens is 560 g/mol. The molecule has 0 radical (unpaired) electrons. The molecule has 0 aliphatic carbocycles. The zero-order chi connectivity index (χ0) is 30.8. The Hall–Kier alpha value is -0.633. The van der Waals surface area contributed by atoms with Gasteiger partial charge < -0.3 is 42.3 Å². The summed E-state index contributed by atoms with van der Waals surface area (Å²) in [6.07, 6.45) is 11.6. The fourth-order valence-electron chi connectivity index (χ4n) is 3.69. The lowest BCUT2D eigenvalue weighted by molar-refractivity contribution is -0.145. The highest BCUT2D eigenvalue weighted by atomic mass is 28.4. The number of unbranched alkanes of at least 4 members (excludes halogenated alkanes) is 8. The van der Waals surface area contributed by atoms with Gasteiger partial charge in [0.2, 0.25) is 0 Å². The number of rotatable bonds is 35. The van der Waals surface area contributed by atoms with E-state index >= 15 is 0 Å². The van der Waals surface area contributed by atoms with Crippen LogP contribution in [0.3, 0.4) is 0 Å². The maximum Gasteiger partial charge on any atom is 0.305 e. The highest BCUT2D eigenvalue weighted by molar-refractivity contribution is 6.69. The van der Waals surface area contributed by atoms with E-state index in [1.807, 2.05) is 0 Å². The second-order valence-corrected chi connectivity index (χ2v) is 15.6. The number of ether oxygens (including phenoxy) is 8. The minimum atomic E-state index is -1.45. The molecule has 0 saturated carbocycles. The van der Waals surface area contributed by atoms with Crippen LogP contribution in [0.2, 0.25) is 19.6 Å². The van der Waals surface area contributed by atoms with Crippen LogP contribution < -0.4 is 0 Å². The molecule has 0 aliphatic heterocycles. The monoisotopic (exact) mass is 624 g/mol. The van der Waals surface area contributed by atoms with E-state index in [0.29, 0.717) is 112 Å². The van der Waals surface area contributed by atoms with Gasteiger partial charge in [0.1, 0.15) is 6.61 Å². The first-order chi connectivity index (χ1) is 20.5. The Bertz CT molecular complexity index is 548. The number of carbonyl (C=O) groups excluding carboxylic acids is 1. The predicted molar refractivity (Wildman–Crippen MR) is 168 cm³/mol. The smallest absolute Gasteiger partial charge is 0.305 e. The van der Waals surface area contributed by atoms with Gasteiger partial charge in [-0.05, 0) is 26.1 Å². The molecule has 0 bridgehead atoms. The van der Waals surface area contributed by atoms with Crippen molar-refractivity contribution in [1.82, 2.24) is 0 Å². The molecule has 0 fully saturated rings. The van der Waals surface area contributed by atoms with Crippen molar-refractivity contribution in [2.75, 3.05) is 106 Å². The first kappa shape index (κ1) is 41.4. The molecular formula is C31H64O10Si. The van der Waals surface area contributed by atoms with E-state index < -0.39 is 8.32 Å². The summed E-state index contributed by atoms with van der Waals surface area (Å²) in [7, 11) is -1.45. The summed E-state index contributed by atoms with van der Waals surface area (Å²) >= 11 is 0. The molecule has 0 aromatic carbocycles. The number of esters is 1. The molecule has 0 aromatic rings. The molecule has 0 unspecified atom stereocenters. The van der Waals surface area contributed by atoms with Crippen LogP contribution in [0, 0.1) is 0 Å². The van der Waals surface area contributed by atoms with Crippen molar-refractivity contribution in [2.24, 2.45) is 0 Å². The minimum absolute atomic E-state index is 0.131. The van der Waals surface area contributed by atoms with Crippen LogP contribution in [0.25, 0.3) is 0 Å². The fourth-order valence-corrected chi connectivity index (χ4v) is 4.39. The van der Waals surface area contributed by atoms with E-state index in [-0.39, 0.29) is 5.97 Å². The van der Waals surface area contributed by atoms with E-state index in [9.17, 15) is 4.79 Å². The maximum absolute atomic E-state index is 11.8. The molecule has 11 heteroatoms. The number of carbonyl (C=O) groups is 1. The molecule has 0 rings (SSSR count). The molecule has 0 aliphatic rings. The average molecular weight is 625 g/mol. The summed E-state index contributed by atoms with van der Waals surface area (Å²) in [6.45, 7) is 16.9. The summed E-state index contributed by atoms with van der Waals surface area (Å²) < 4.78 is 49.2. The Morgan fingerprint density at radius 2 is 0.738 bits per heavy atom. The second kappa shape index (κ2) is 33.3. The SMILES string of the molecule is CCCCCCCCCCCC(=O)OCCOCCOCCOCCOCCOCCOCCOCCO[Si](C)(C)C. The van der Waals surface area contributed by atoms with Gasteiger partial charge in [0.05, 0.1) is 99.1 Å². The van der Waals surface area contributed by atoms with Crippen molar-refractivity contribution in [3.05, 3.63) is 0 Å². The van der Waals surface area contributed by atoms with Gasteiger partial charge >= 0.3 is 5.97 Å². The van der Waals surface area contributed by atoms with Crippen LogP contribution in [-0.4, -0.2) is 120 Å². The molecule has 0 amide bonds. The number of hydrogen-bond donors (Lipinski definition) is 0. The lowest BCUT2D eigenvalue weighted by Gasteiger charge is -2.16. The standard InChI is InChI=1S/C31H64O10Si/c1-5-6-7-8-9-10-11-12-13-14-31(32)40-29-27-38-25-23-36-21-19-34-17-15-33-16-18-35-20-22-37-24-26-39-28-30-41-42(2,3)4/h5-30H2,1-4H3. The van der Waals surface area contributed by atoms with Crippen LogP contribution in [0.15, 0.2) is 0 Å². The van der Waals surface area contributed by atoms with Crippen molar-refractivity contribution < 1.29 is 47.1 Å². The summed E-state index contributed by atoms with van der Waals surface area (Å²) in [5.41, 5.74) is 0. The van der Waals surface area contributed by atoms with Crippen LogP contribution in [0.5, 0.6) is 0 Å². The summed E-state index contributed by atoms with van der Waals surface area (Å²) in [6, 6.07) is 0. The van der Waals surface area contributed by atoms with Crippen LogP contribution >= 0.6 is 0 Å². The summed E-state index contributed by atoms with van der Waals surface area (Å²) in [5.74, 6) is -0.131. The molecule has 42 heavy (non-hydrogen) atoms.